The van der Waals surface area contributed by atoms with Crippen LogP contribution in [-0.4, -0.2) is 86.8 Å². The quantitative estimate of drug-likeness (QED) is 0.520. The van der Waals surface area contributed by atoms with E-state index < -0.39 is 11.7 Å². The number of nitrogens with one attached hydrogen (secondary N) is 1. The SMILES string of the molecule is CC(C)(C)OC(=O)n1ccc2cc(NC(=O)C[C@H](CO)N3CCN(C(=O)c4nccs4)CC3)ccc21. The van der Waals surface area contributed by atoms with Gasteiger partial charge >= 0.3 is 6.09 Å². The molecule has 1 aliphatic rings. The molecule has 11 heteroatoms. The monoisotopic (exact) mass is 513 g/mol. The Morgan fingerprint density at radius 1 is 1.17 bits per heavy atom. The van der Waals surface area contributed by atoms with Gasteiger partial charge in [0.15, 0.2) is 5.01 Å². The van der Waals surface area contributed by atoms with Gasteiger partial charge in [0, 0.05) is 67.5 Å². The zero-order chi connectivity index (χ0) is 25.9. The summed E-state index contributed by atoms with van der Waals surface area (Å²) in [6.45, 7) is 7.44. The molecule has 2 amide bonds. The van der Waals surface area contributed by atoms with Crippen molar-refractivity contribution in [3.05, 3.63) is 47.0 Å². The first-order valence-electron chi connectivity index (χ1n) is 11.8. The minimum absolute atomic E-state index is 0.0844. The zero-order valence-corrected chi connectivity index (χ0v) is 21.5. The van der Waals surface area contributed by atoms with Crippen molar-refractivity contribution in [3.63, 3.8) is 0 Å². The summed E-state index contributed by atoms with van der Waals surface area (Å²) >= 11 is 1.32. The number of thiazole rings is 1. The van der Waals surface area contributed by atoms with Gasteiger partial charge in [0.1, 0.15) is 5.60 Å². The highest BCUT2D eigenvalue weighted by molar-refractivity contribution is 7.11. The summed E-state index contributed by atoms with van der Waals surface area (Å²) < 4.78 is 6.88. The van der Waals surface area contributed by atoms with Gasteiger partial charge in [0.2, 0.25) is 5.91 Å². The van der Waals surface area contributed by atoms with Crippen molar-refractivity contribution >= 4 is 45.8 Å². The van der Waals surface area contributed by atoms with Crippen molar-refractivity contribution in [3.8, 4) is 0 Å². The first-order chi connectivity index (χ1) is 17.1. The Morgan fingerprint density at radius 3 is 2.56 bits per heavy atom. The number of nitrogens with zero attached hydrogens (tertiary/aromatic N) is 4. The van der Waals surface area contributed by atoms with E-state index in [1.165, 1.54) is 15.9 Å². The van der Waals surface area contributed by atoms with E-state index >= 15 is 0 Å². The van der Waals surface area contributed by atoms with Crippen LogP contribution in [0.5, 0.6) is 0 Å². The maximum atomic E-state index is 12.8. The van der Waals surface area contributed by atoms with Gasteiger partial charge in [-0.15, -0.1) is 11.3 Å². The molecule has 3 aromatic rings. The number of piperazine rings is 1. The lowest BCUT2D eigenvalue weighted by molar-refractivity contribution is -0.118. The van der Waals surface area contributed by atoms with E-state index in [0.29, 0.717) is 42.4 Å². The van der Waals surface area contributed by atoms with Crippen LogP contribution in [0.25, 0.3) is 10.9 Å². The number of hydrogen-bond acceptors (Lipinski definition) is 8. The zero-order valence-electron chi connectivity index (χ0n) is 20.6. The summed E-state index contributed by atoms with van der Waals surface area (Å²) in [5.41, 5.74) is 0.680. The van der Waals surface area contributed by atoms with E-state index in [1.807, 2.05) is 25.7 Å². The third-order valence-corrected chi connectivity index (χ3v) is 6.69. The summed E-state index contributed by atoms with van der Waals surface area (Å²) in [5, 5.41) is 15.9. The van der Waals surface area contributed by atoms with Crippen molar-refractivity contribution in [1.82, 2.24) is 19.4 Å². The van der Waals surface area contributed by atoms with Gasteiger partial charge < -0.3 is 20.1 Å². The third kappa shape index (κ3) is 6.10. The molecule has 1 atom stereocenters. The van der Waals surface area contributed by atoms with Gasteiger partial charge in [0.05, 0.1) is 12.1 Å². The lowest BCUT2D eigenvalue weighted by Gasteiger charge is -2.38. The summed E-state index contributed by atoms with van der Waals surface area (Å²) in [6, 6.07) is 6.73. The summed E-state index contributed by atoms with van der Waals surface area (Å²) in [5.74, 6) is -0.305. The minimum atomic E-state index is -0.603. The van der Waals surface area contributed by atoms with E-state index in [4.69, 9.17) is 4.74 Å². The summed E-state index contributed by atoms with van der Waals surface area (Å²) in [6.07, 6.45) is 2.91. The fourth-order valence-electron chi connectivity index (χ4n) is 4.18. The number of amides is 2. The molecule has 2 aromatic heterocycles. The number of aromatic nitrogens is 2. The van der Waals surface area contributed by atoms with Gasteiger partial charge in [-0.1, -0.05) is 0 Å². The number of aliphatic hydroxyl groups is 1. The Morgan fingerprint density at radius 2 is 1.92 bits per heavy atom. The van der Waals surface area contributed by atoms with Crippen LogP contribution in [0, 0.1) is 0 Å². The number of anilines is 1. The van der Waals surface area contributed by atoms with Crippen LogP contribution in [0.4, 0.5) is 10.5 Å². The maximum Gasteiger partial charge on any atom is 0.418 e. The molecule has 0 unspecified atom stereocenters. The summed E-state index contributed by atoms with van der Waals surface area (Å²) in [7, 11) is 0. The fraction of sp³-hybridized carbons (Fsp3) is 0.440. The number of carbonyl (C=O) groups excluding carboxylic acids is 3. The van der Waals surface area contributed by atoms with Gasteiger partial charge in [-0.2, -0.15) is 0 Å². The predicted molar refractivity (Wildman–Crippen MR) is 137 cm³/mol. The molecule has 1 aromatic carbocycles. The lowest BCUT2D eigenvalue weighted by atomic mass is 10.1. The molecule has 1 fully saturated rings. The first-order valence-corrected chi connectivity index (χ1v) is 12.7. The highest BCUT2D eigenvalue weighted by Crippen LogP contribution is 2.22. The second kappa shape index (κ2) is 10.8. The Labute approximate surface area is 213 Å². The van der Waals surface area contributed by atoms with E-state index in [-0.39, 0.29) is 30.9 Å². The number of ether oxygens (including phenoxy) is 1. The van der Waals surface area contributed by atoms with Gasteiger partial charge in [-0.05, 0) is 45.0 Å². The van der Waals surface area contributed by atoms with Crippen LogP contribution in [0.1, 0.15) is 37.0 Å². The smallest absolute Gasteiger partial charge is 0.418 e. The van der Waals surface area contributed by atoms with Crippen LogP contribution < -0.4 is 5.32 Å². The molecule has 36 heavy (non-hydrogen) atoms. The standard InChI is InChI=1S/C25H31N5O5S/c1-25(2,3)35-24(34)30-8-6-17-14-18(4-5-20(17)30)27-21(32)15-19(16-31)28-9-11-29(12-10-28)23(33)22-26-7-13-36-22/h4-8,13-14,19,31H,9-12,15-16H2,1-3H3,(H,27,32)/t19-/m1/s1. The topological polar surface area (TPSA) is 117 Å². The number of benzene rings is 1. The van der Waals surface area contributed by atoms with E-state index in [1.54, 1.807) is 46.9 Å². The molecule has 1 saturated heterocycles. The van der Waals surface area contributed by atoms with Crippen LogP contribution in [0.3, 0.4) is 0 Å². The molecule has 0 saturated carbocycles. The average Bonchev–Trinajstić information content (AvgIpc) is 3.51. The Bertz CT molecular complexity index is 1230. The van der Waals surface area contributed by atoms with Gasteiger partial charge in [-0.25, -0.2) is 9.78 Å². The number of rotatable bonds is 6. The number of fused-ring (bicyclic) bond motifs is 1. The molecule has 0 radical (unpaired) electrons. The Hall–Kier alpha value is -3.28. The van der Waals surface area contributed by atoms with Crippen LogP contribution in [0.15, 0.2) is 42.0 Å². The number of carbonyl (C=O) groups is 3. The summed E-state index contributed by atoms with van der Waals surface area (Å²) in [4.78, 5) is 45.6. The Kier molecular flexibility index (Phi) is 7.72. The number of aliphatic hydroxyl groups excluding tert-OH is 1. The number of hydrogen-bond donors (Lipinski definition) is 2. The van der Waals surface area contributed by atoms with Crippen molar-refractivity contribution in [2.75, 3.05) is 38.1 Å². The van der Waals surface area contributed by atoms with Crippen LogP contribution in [0.2, 0.25) is 0 Å². The Balaban J connectivity index is 1.33. The molecule has 4 rings (SSSR count). The fourth-order valence-corrected chi connectivity index (χ4v) is 4.78. The molecule has 2 N–H and O–H groups in total. The molecule has 3 heterocycles. The van der Waals surface area contributed by atoms with Gasteiger partial charge in [0.25, 0.3) is 5.91 Å². The maximum absolute atomic E-state index is 12.8. The first kappa shape index (κ1) is 25.8. The van der Waals surface area contributed by atoms with Crippen LogP contribution >= 0.6 is 11.3 Å². The van der Waals surface area contributed by atoms with Gasteiger partial charge in [-0.3, -0.25) is 19.1 Å². The van der Waals surface area contributed by atoms with Crippen molar-refractivity contribution in [2.45, 2.75) is 38.8 Å². The molecule has 0 bridgehead atoms. The van der Waals surface area contributed by atoms with E-state index in [0.717, 1.165) is 5.39 Å². The second-order valence-electron chi connectivity index (χ2n) is 9.69. The van der Waals surface area contributed by atoms with Crippen molar-refractivity contribution < 1.29 is 24.2 Å². The normalized spacial score (nSPS) is 15.6. The molecule has 10 nitrogen and oxygen atoms in total. The molecule has 1 aliphatic heterocycles. The molecular formula is C25H31N5O5S. The van der Waals surface area contributed by atoms with Crippen molar-refractivity contribution in [1.29, 1.82) is 0 Å². The molecule has 0 spiro atoms. The van der Waals surface area contributed by atoms with E-state index in [9.17, 15) is 19.5 Å². The molecular weight excluding hydrogens is 482 g/mol. The molecule has 0 aliphatic carbocycles. The minimum Gasteiger partial charge on any atom is -0.443 e. The average molecular weight is 514 g/mol. The van der Waals surface area contributed by atoms with Crippen LogP contribution in [-0.2, 0) is 9.53 Å². The van der Waals surface area contributed by atoms with E-state index in [2.05, 4.69) is 10.3 Å². The third-order valence-electron chi connectivity index (χ3n) is 5.93. The predicted octanol–water partition coefficient (Wildman–Crippen LogP) is 3.03. The lowest BCUT2D eigenvalue weighted by Crippen LogP contribution is -2.53. The second-order valence-corrected chi connectivity index (χ2v) is 10.6. The highest BCUT2D eigenvalue weighted by atomic mass is 32.1. The highest BCUT2D eigenvalue weighted by Gasteiger charge is 2.28. The molecule has 192 valence electrons. The largest absolute Gasteiger partial charge is 0.443 e. The van der Waals surface area contributed by atoms with Crippen molar-refractivity contribution in [2.24, 2.45) is 0 Å².